The lowest BCUT2D eigenvalue weighted by atomic mass is 10.2. The number of thiazole rings is 1. The zero-order chi connectivity index (χ0) is 12.4. The number of hydrogen-bond donors (Lipinski definition) is 2. The van der Waals surface area contributed by atoms with Crippen LogP contribution in [0.5, 0.6) is 0 Å². The zero-order valence-electron chi connectivity index (χ0n) is 9.65. The maximum absolute atomic E-state index is 11.8. The summed E-state index contributed by atoms with van der Waals surface area (Å²) in [5.74, 6) is 0.485. The molecule has 2 aromatic rings. The fourth-order valence-electron chi connectivity index (χ4n) is 1.61. The van der Waals surface area contributed by atoms with Gasteiger partial charge in [-0.2, -0.15) is 0 Å². The number of aryl methyl sites for hydroxylation is 2. The van der Waals surface area contributed by atoms with Crippen molar-refractivity contribution in [2.24, 2.45) is 0 Å². The maximum Gasteiger partial charge on any atom is 0.254 e. The predicted octanol–water partition coefficient (Wildman–Crippen LogP) is 1.05. The molecule has 0 unspecified atom stereocenters. The van der Waals surface area contributed by atoms with Crippen LogP contribution < -0.4 is 5.56 Å². The number of aliphatic hydroxyl groups is 1. The van der Waals surface area contributed by atoms with Crippen LogP contribution in [0.2, 0.25) is 0 Å². The Morgan fingerprint density at radius 3 is 2.71 bits per heavy atom. The van der Waals surface area contributed by atoms with E-state index < -0.39 is 0 Å². The van der Waals surface area contributed by atoms with E-state index in [1.54, 1.807) is 6.92 Å². The Morgan fingerprint density at radius 2 is 2.18 bits per heavy atom. The summed E-state index contributed by atoms with van der Waals surface area (Å²) < 4.78 is 0. The third kappa shape index (κ3) is 2.42. The van der Waals surface area contributed by atoms with Crippen LogP contribution in [0, 0.1) is 13.8 Å². The SMILES string of the molecule is Cc1nc(-c2nc(C)c(CCO)c(=O)[nH]2)cs1. The lowest BCUT2D eigenvalue weighted by molar-refractivity contribution is 0.298. The lowest BCUT2D eigenvalue weighted by Crippen LogP contribution is -2.18. The van der Waals surface area contributed by atoms with Crippen LogP contribution in [0.4, 0.5) is 0 Å². The molecule has 2 heterocycles. The zero-order valence-corrected chi connectivity index (χ0v) is 10.5. The van der Waals surface area contributed by atoms with Gasteiger partial charge >= 0.3 is 0 Å². The molecule has 0 saturated carbocycles. The van der Waals surface area contributed by atoms with Crippen molar-refractivity contribution in [3.8, 4) is 11.5 Å². The van der Waals surface area contributed by atoms with Crippen LogP contribution >= 0.6 is 11.3 Å². The molecule has 0 amide bonds. The first-order chi connectivity index (χ1) is 8.11. The molecule has 0 aliphatic heterocycles. The summed E-state index contributed by atoms with van der Waals surface area (Å²) in [6, 6.07) is 0. The number of H-pyrrole nitrogens is 1. The lowest BCUT2D eigenvalue weighted by Gasteiger charge is -2.04. The number of aliphatic hydroxyl groups excluding tert-OH is 1. The van der Waals surface area contributed by atoms with Gasteiger partial charge in [0.1, 0.15) is 5.69 Å². The van der Waals surface area contributed by atoms with Crippen molar-refractivity contribution in [3.05, 3.63) is 32.0 Å². The molecule has 2 N–H and O–H groups in total. The topological polar surface area (TPSA) is 78.9 Å². The summed E-state index contributed by atoms with van der Waals surface area (Å²) in [5.41, 5.74) is 1.65. The van der Waals surface area contributed by atoms with Gasteiger partial charge in [-0.15, -0.1) is 11.3 Å². The molecule has 0 aliphatic carbocycles. The Hall–Kier alpha value is -1.53. The number of nitrogens with zero attached hydrogens (tertiary/aromatic N) is 2. The minimum Gasteiger partial charge on any atom is -0.396 e. The minimum absolute atomic E-state index is 0.0548. The van der Waals surface area contributed by atoms with Gasteiger partial charge in [-0.1, -0.05) is 0 Å². The van der Waals surface area contributed by atoms with Crippen LogP contribution in [0.1, 0.15) is 16.3 Å². The number of nitrogens with one attached hydrogen (secondary N) is 1. The average Bonchev–Trinajstić information content (AvgIpc) is 2.70. The van der Waals surface area contributed by atoms with E-state index in [2.05, 4.69) is 15.0 Å². The van der Waals surface area contributed by atoms with Gasteiger partial charge in [0.05, 0.1) is 5.01 Å². The Morgan fingerprint density at radius 1 is 1.41 bits per heavy atom. The Balaban J connectivity index is 2.49. The molecule has 0 fully saturated rings. The van der Waals surface area contributed by atoms with Gasteiger partial charge in [-0.25, -0.2) is 9.97 Å². The molecule has 0 saturated heterocycles. The number of hydrogen-bond acceptors (Lipinski definition) is 5. The quantitative estimate of drug-likeness (QED) is 0.854. The smallest absolute Gasteiger partial charge is 0.254 e. The highest BCUT2D eigenvalue weighted by Gasteiger charge is 2.10. The van der Waals surface area contributed by atoms with E-state index in [0.29, 0.717) is 29.2 Å². The highest BCUT2D eigenvalue weighted by Crippen LogP contribution is 2.17. The number of rotatable bonds is 3. The molecule has 2 aromatic heterocycles. The third-order valence-corrected chi connectivity index (χ3v) is 3.22. The minimum atomic E-state index is -0.202. The molecule has 0 bridgehead atoms. The molecule has 0 atom stereocenters. The van der Waals surface area contributed by atoms with Crippen LogP contribution in [-0.4, -0.2) is 26.7 Å². The average molecular weight is 251 g/mol. The van der Waals surface area contributed by atoms with Crippen molar-refractivity contribution in [1.82, 2.24) is 15.0 Å². The third-order valence-electron chi connectivity index (χ3n) is 2.45. The molecule has 0 radical (unpaired) electrons. The van der Waals surface area contributed by atoms with E-state index in [1.165, 1.54) is 11.3 Å². The van der Waals surface area contributed by atoms with Gasteiger partial charge in [-0.3, -0.25) is 4.79 Å². The van der Waals surface area contributed by atoms with Gasteiger partial charge in [0.15, 0.2) is 5.82 Å². The van der Waals surface area contributed by atoms with Crippen molar-refractivity contribution in [1.29, 1.82) is 0 Å². The van der Waals surface area contributed by atoms with E-state index in [4.69, 9.17) is 5.11 Å². The Labute approximate surface area is 102 Å². The van der Waals surface area contributed by atoms with Gasteiger partial charge in [0.2, 0.25) is 0 Å². The van der Waals surface area contributed by atoms with Crippen molar-refractivity contribution in [2.75, 3.05) is 6.61 Å². The maximum atomic E-state index is 11.8. The fourth-order valence-corrected chi connectivity index (χ4v) is 2.21. The van der Waals surface area contributed by atoms with E-state index in [9.17, 15) is 4.79 Å². The summed E-state index contributed by atoms with van der Waals surface area (Å²) in [6.07, 6.45) is 0.324. The summed E-state index contributed by atoms with van der Waals surface area (Å²) in [7, 11) is 0. The van der Waals surface area contributed by atoms with Crippen molar-refractivity contribution in [2.45, 2.75) is 20.3 Å². The van der Waals surface area contributed by atoms with E-state index in [0.717, 1.165) is 5.01 Å². The first kappa shape index (κ1) is 11.9. The second-order valence-corrected chi connectivity index (χ2v) is 4.77. The van der Waals surface area contributed by atoms with Gasteiger partial charge in [0.25, 0.3) is 5.56 Å². The van der Waals surface area contributed by atoms with E-state index in [1.807, 2.05) is 12.3 Å². The standard InChI is InChI=1S/C11H13N3O2S/c1-6-8(3-4-15)11(16)14-10(12-6)9-5-17-7(2)13-9/h5,15H,3-4H2,1-2H3,(H,12,14,16). The van der Waals surface area contributed by atoms with Crippen molar-refractivity contribution >= 4 is 11.3 Å². The number of aromatic nitrogens is 3. The van der Waals surface area contributed by atoms with E-state index >= 15 is 0 Å². The molecule has 6 heteroatoms. The van der Waals surface area contributed by atoms with Gasteiger partial charge < -0.3 is 10.1 Å². The Kier molecular flexibility index (Phi) is 3.35. The molecule has 5 nitrogen and oxygen atoms in total. The highest BCUT2D eigenvalue weighted by atomic mass is 32.1. The molecule has 0 aromatic carbocycles. The summed E-state index contributed by atoms with van der Waals surface area (Å²) in [4.78, 5) is 23.1. The first-order valence-corrected chi connectivity index (χ1v) is 6.13. The van der Waals surface area contributed by atoms with Crippen LogP contribution in [0.15, 0.2) is 10.2 Å². The molecule has 2 rings (SSSR count). The largest absolute Gasteiger partial charge is 0.396 e. The molecule has 90 valence electrons. The van der Waals surface area contributed by atoms with Crippen LogP contribution in [0.25, 0.3) is 11.5 Å². The van der Waals surface area contributed by atoms with Gasteiger partial charge in [-0.05, 0) is 13.8 Å². The van der Waals surface area contributed by atoms with Gasteiger partial charge in [0, 0.05) is 29.7 Å². The molecular formula is C11H13N3O2S. The molecule has 0 aliphatic rings. The molecule has 0 spiro atoms. The summed E-state index contributed by atoms with van der Waals surface area (Å²) in [5, 5.41) is 11.7. The van der Waals surface area contributed by atoms with E-state index in [-0.39, 0.29) is 12.2 Å². The van der Waals surface area contributed by atoms with Crippen LogP contribution in [0.3, 0.4) is 0 Å². The summed E-state index contributed by atoms with van der Waals surface area (Å²) in [6.45, 7) is 3.61. The monoisotopic (exact) mass is 251 g/mol. The molecular weight excluding hydrogens is 238 g/mol. The number of aromatic amines is 1. The predicted molar refractivity (Wildman–Crippen MR) is 66.2 cm³/mol. The molecule has 17 heavy (non-hydrogen) atoms. The van der Waals surface area contributed by atoms with Crippen molar-refractivity contribution < 1.29 is 5.11 Å². The van der Waals surface area contributed by atoms with Crippen LogP contribution in [-0.2, 0) is 6.42 Å². The first-order valence-electron chi connectivity index (χ1n) is 5.25. The van der Waals surface area contributed by atoms with Crippen molar-refractivity contribution in [3.63, 3.8) is 0 Å². The fraction of sp³-hybridized carbons (Fsp3) is 0.364. The normalized spacial score (nSPS) is 10.8. The second-order valence-electron chi connectivity index (χ2n) is 3.70. The Bertz CT molecular complexity index is 589. The highest BCUT2D eigenvalue weighted by molar-refractivity contribution is 7.09. The second kappa shape index (κ2) is 4.77. The summed E-state index contributed by atoms with van der Waals surface area (Å²) >= 11 is 1.51.